The van der Waals surface area contributed by atoms with Crippen molar-refractivity contribution in [3.63, 3.8) is 0 Å². The molecule has 160 valence electrons. The zero-order valence-electron chi connectivity index (χ0n) is 17.3. The van der Waals surface area contributed by atoms with Crippen molar-refractivity contribution in [3.05, 3.63) is 30.0 Å². The van der Waals surface area contributed by atoms with Crippen molar-refractivity contribution in [3.8, 4) is 5.75 Å². The molecule has 1 amide bonds. The minimum Gasteiger partial charge on any atom is -0.494 e. The maximum absolute atomic E-state index is 13.3. The summed E-state index contributed by atoms with van der Waals surface area (Å²) in [4.78, 5) is 19.6. The summed E-state index contributed by atoms with van der Waals surface area (Å²) in [5, 5.41) is 0.884. The van der Waals surface area contributed by atoms with Crippen molar-refractivity contribution in [1.29, 1.82) is 0 Å². The van der Waals surface area contributed by atoms with Crippen LogP contribution in [-0.4, -0.2) is 65.9 Å². The Morgan fingerprint density at radius 1 is 1.21 bits per heavy atom. The number of hydrogen-bond acceptors (Lipinski definition) is 3. The van der Waals surface area contributed by atoms with Gasteiger partial charge >= 0.3 is 0 Å². The Hall–Kier alpha value is -2.15. The van der Waals surface area contributed by atoms with Crippen LogP contribution in [0.2, 0.25) is 0 Å². The molecule has 1 aromatic heterocycles. The van der Waals surface area contributed by atoms with E-state index in [0.717, 1.165) is 49.1 Å². The molecule has 7 heteroatoms. The molecule has 2 heterocycles. The summed E-state index contributed by atoms with van der Waals surface area (Å²) in [5.74, 6) is -2.12. The smallest absolute Gasteiger partial charge is 0.270 e. The molecule has 5 nitrogen and oxygen atoms in total. The number of halogens is 2. The highest BCUT2D eigenvalue weighted by atomic mass is 19.3. The highest BCUT2D eigenvalue weighted by molar-refractivity contribution is 5.98. The van der Waals surface area contributed by atoms with Gasteiger partial charge < -0.3 is 19.5 Å². The van der Waals surface area contributed by atoms with Crippen molar-refractivity contribution >= 4 is 16.8 Å². The molecule has 0 spiro atoms. The number of carbonyl (C=O) groups is 1. The van der Waals surface area contributed by atoms with Gasteiger partial charge in [0.05, 0.1) is 6.61 Å². The van der Waals surface area contributed by atoms with E-state index in [9.17, 15) is 13.6 Å². The third-order valence-corrected chi connectivity index (χ3v) is 5.48. The van der Waals surface area contributed by atoms with Gasteiger partial charge in [-0.3, -0.25) is 4.79 Å². The van der Waals surface area contributed by atoms with E-state index >= 15 is 0 Å². The van der Waals surface area contributed by atoms with Crippen LogP contribution in [0.3, 0.4) is 0 Å². The van der Waals surface area contributed by atoms with E-state index in [2.05, 4.69) is 23.7 Å². The Morgan fingerprint density at radius 2 is 1.97 bits per heavy atom. The lowest BCUT2D eigenvalue weighted by Crippen LogP contribution is -2.42. The Balaban J connectivity index is 1.56. The molecular weight excluding hydrogens is 376 g/mol. The van der Waals surface area contributed by atoms with Crippen molar-refractivity contribution in [2.45, 2.75) is 45.5 Å². The van der Waals surface area contributed by atoms with Crippen LogP contribution in [0, 0.1) is 0 Å². The zero-order valence-corrected chi connectivity index (χ0v) is 17.3. The average Bonchev–Trinajstić information content (AvgIpc) is 3.13. The number of amides is 1. The normalized spacial score (nSPS) is 16.5. The molecule has 1 fully saturated rings. The predicted octanol–water partition coefficient (Wildman–Crippen LogP) is 4.54. The van der Waals surface area contributed by atoms with E-state index in [-0.39, 0.29) is 31.8 Å². The second-order valence-corrected chi connectivity index (χ2v) is 7.72. The predicted molar refractivity (Wildman–Crippen MR) is 111 cm³/mol. The fourth-order valence-corrected chi connectivity index (χ4v) is 3.75. The van der Waals surface area contributed by atoms with Gasteiger partial charge in [-0.15, -0.1) is 0 Å². The molecule has 29 heavy (non-hydrogen) atoms. The van der Waals surface area contributed by atoms with Crippen LogP contribution in [0.15, 0.2) is 24.3 Å². The minimum absolute atomic E-state index is 0.0857. The highest BCUT2D eigenvalue weighted by Gasteiger charge is 2.36. The van der Waals surface area contributed by atoms with Gasteiger partial charge in [-0.05, 0) is 50.2 Å². The first kappa shape index (κ1) is 21.6. The van der Waals surface area contributed by atoms with Crippen LogP contribution in [0.4, 0.5) is 8.78 Å². The number of piperidine rings is 1. The van der Waals surface area contributed by atoms with Crippen LogP contribution < -0.4 is 4.74 Å². The molecule has 0 unspecified atom stereocenters. The molecule has 0 atom stereocenters. The first-order chi connectivity index (χ1) is 13.9. The number of likely N-dealkylation sites (tertiary alicyclic amines) is 1. The SMILES string of the molecule is CCCN(CC)CCCOc1ccc2[nH]c(C(=O)N3CCC(F)(F)CC3)cc2c1. The van der Waals surface area contributed by atoms with Crippen LogP contribution >= 0.6 is 0 Å². The van der Waals surface area contributed by atoms with E-state index in [4.69, 9.17) is 4.74 Å². The maximum atomic E-state index is 13.3. The van der Waals surface area contributed by atoms with Crippen LogP contribution in [0.1, 0.15) is 50.0 Å². The lowest BCUT2D eigenvalue weighted by molar-refractivity contribution is -0.0495. The van der Waals surface area contributed by atoms with Gasteiger partial charge in [-0.2, -0.15) is 0 Å². The first-order valence-electron chi connectivity index (χ1n) is 10.6. The number of nitrogens with zero attached hydrogens (tertiary/aromatic N) is 2. The summed E-state index contributed by atoms with van der Waals surface area (Å²) in [5.41, 5.74) is 1.27. The largest absolute Gasteiger partial charge is 0.494 e. The Bertz CT molecular complexity index is 811. The fourth-order valence-electron chi connectivity index (χ4n) is 3.75. The lowest BCUT2D eigenvalue weighted by Gasteiger charge is -2.31. The molecule has 0 radical (unpaired) electrons. The second-order valence-electron chi connectivity index (χ2n) is 7.72. The summed E-state index contributed by atoms with van der Waals surface area (Å²) in [6.07, 6.45) is 1.57. The zero-order chi connectivity index (χ0) is 20.9. The van der Waals surface area contributed by atoms with Crippen molar-refractivity contribution < 1.29 is 18.3 Å². The molecule has 1 saturated heterocycles. The molecule has 3 rings (SSSR count). The van der Waals surface area contributed by atoms with Gasteiger partial charge in [-0.25, -0.2) is 8.78 Å². The van der Waals surface area contributed by atoms with E-state index in [1.54, 1.807) is 6.07 Å². The third kappa shape index (κ3) is 5.69. The first-order valence-corrected chi connectivity index (χ1v) is 10.6. The van der Waals surface area contributed by atoms with Gasteiger partial charge in [0.25, 0.3) is 11.8 Å². The Morgan fingerprint density at radius 3 is 2.66 bits per heavy atom. The van der Waals surface area contributed by atoms with E-state index in [1.807, 2.05) is 18.2 Å². The van der Waals surface area contributed by atoms with Gasteiger partial charge in [0.2, 0.25) is 0 Å². The lowest BCUT2D eigenvalue weighted by atomic mass is 10.1. The molecular formula is C22H31F2N3O2. The van der Waals surface area contributed by atoms with Crippen LogP contribution in [0.25, 0.3) is 10.9 Å². The second kappa shape index (κ2) is 9.57. The summed E-state index contributed by atoms with van der Waals surface area (Å²) in [7, 11) is 0. The van der Waals surface area contributed by atoms with E-state index in [1.165, 1.54) is 4.90 Å². The van der Waals surface area contributed by atoms with Gasteiger partial charge in [0.15, 0.2) is 0 Å². The summed E-state index contributed by atoms with van der Waals surface area (Å²) in [6.45, 7) is 8.35. The molecule has 1 aromatic carbocycles. The van der Waals surface area contributed by atoms with Crippen LogP contribution in [0.5, 0.6) is 5.75 Å². The minimum atomic E-state index is -2.66. The Labute approximate surface area is 171 Å². The fraction of sp³-hybridized carbons (Fsp3) is 0.591. The summed E-state index contributed by atoms with van der Waals surface area (Å²) < 4.78 is 32.5. The van der Waals surface area contributed by atoms with Gasteiger partial charge in [0, 0.05) is 43.4 Å². The quantitative estimate of drug-likeness (QED) is 0.621. The maximum Gasteiger partial charge on any atom is 0.270 e. The number of nitrogens with one attached hydrogen (secondary N) is 1. The number of aromatic amines is 1. The Kier molecular flexibility index (Phi) is 7.11. The number of H-pyrrole nitrogens is 1. The summed E-state index contributed by atoms with van der Waals surface area (Å²) >= 11 is 0. The molecule has 2 aromatic rings. The van der Waals surface area contributed by atoms with Crippen LogP contribution in [-0.2, 0) is 0 Å². The van der Waals surface area contributed by atoms with Crippen molar-refractivity contribution in [2.24, 2.45) is 0 Å². The average molecular weight is 408 g/mol. The molecule has 0 aliphatic carbocycles. The van der Waals surface area contributed by atoms with Crippen molar-refractivity contribution in [1.82, 2.24) is 14.8 Å². The number of rotatable bonds is 9. The molecule has 0 saturated carbocycles. The molecule has 1 aliphatic heterocycles. The third-order valence-electron chi connectivity index (χ3n) is 5.48. The highest BCUT2D eigenvalue weighted by Crippen LogP contribution is 2.29. The molecule has 0 bridgehead atoms. The monoisotopic (exact) mass is 407 g/mol. The topological polar surface area (TPSA) is 48.6 Å². The van der Waals surface area contributed by atoms with Gasteiger partial charge in [-0.1, -0.05) is 13.8 Å². The molecule has 1 aliphatic rings. The number of hydrogen-bond donors (Lipinski definition) is 1. The number of ether oxygens (including phenoxy) is 1. The van der Waals surface area contributed by atoms with Gasteiger partial charge in [0.1, 0.15) is 11.4 Å². The van der Waals surface area contributed by atoms with Crippen molar-refractivity contribution in [2.75, 3.05) is 39.3 Å². The van der Waals surface area contributed by atoms with E-state index in [0.29, 0.717) is 12.3 Å². The van der Waals surface area contributed by atoms with E-state index < -0.39 is 5.92 Å². The number of benzene rings is 1. The number of aromatic nitrogens is 1. The number of alkyl halides is 2. The molecule has 1 N–H and O–H groups in total. The standard InChI is InChI=1S/C22H31F2N3O2/c1-3-10-26(4-2)11-5-14-29-18-6-7-19-17(15-18)16-20(25-19)21(28)27-12-8-22(23,24)9-13-27/h6-7,15-16,25H,3-5,8-14H2,1-2H3. The number of carbonyl (C=O) groups excluding carboxylic acids is 1. The summed E-state index contributed by atoms with van der Waals surface area (Å²) in [6, 6.07) is 7.47. The number of fused-ring (bicyclic) bond motifs is 1.